The number of ether oxygens (including phenoxy) is 1. The van der Waals surface area contributed by atoms with Crippen LogP contribution in [0, 0.1) is 0 Å². The molecular weight excluding hydrogens is 222 g/mol. The molecule has 90 valence electrons. The first-order valence-electron chi connectivity index (χ1n) is 5.41. The molecule has 0 bridgehead atoms. The fourth-order valence-electron chi connectivity index (χ4n) is 1.94. The number of aliphatic carboxylic acids is 1. The molecule has 5 heteroatoms. The van der Waals surface area contributed by atoms with E-state index >= 15 is 0 Å². The summed E-state index contributed by atoms with van der Waals surface area (Å²) in [6, 6.07) is 5.22. The molecule has 0 saturated heterocycles. The van der Waals surface area contributed by atoms with Gasteiger partial charge in [-0.15, -0.1) is 0 Å². The molecule has 1 aliphatic heterocycles. The summed E-state index contributed by atoms with van der Waals surface area (Å²) >= 11 is 0. The predicted octanol–water partition coefficient (Wildman–Crippen LogP) is 1.60. The smallest absolute Gasteiger partial charge is 0.304 e. The molecule has 17 heavy (non-hydrogen) atoms. The SMILES string of the molecule is CCOc1ccc2c(c1)C(CC(=O)O)C(=O)N2. The van der Waals surface area contributed by atoms with Gasteiger partial charge in [0.1, 0.15) is 5.75 Å². The number of benzene rings is 1. The Morgan fingerprint density at radius 2 is 2.29 bits per heavy atom. The summed E-state index contributed by atoms with van der Waals surface area (Å²) in [5.41, 5.74) is 1.37. The number of amides is 1. The number of carboxylic acid groups (broad SMARTS) is 1. The van der Waals surface area contributed by atoms with E-state index in [-0.39, 0.29) is 12.3 Å². The number of anilines is 1. The highest BCUT2D eigenvalue weighted by atomic mass is 16.5. The molecule has 1 aromatic rings. The average molecular weight is 235 g/mol. The van der Waals surface area contributed by atoms with E-state index in [1.54, 1.807) is 18.2 Å². The Balaban J connectivity index is 2.32. The summed E-state index contributed by atoms with van der Waals surface area (Å²) < 4.78 is 5.33. The average Bonchev–Trinajstić information content (AvgIpc) is 2.56. The highest BCUT2D eigenvalue weighted by Gasteiger charge is 2.32. The fraction of sp³-hybridized carbons (Fsp3) is 0.333. The van der Waals surface area contributed by atoms with Crippen LogP contribution in [0.25, 0.3) is 0 Å². The van der Waals surface area contributed by atoms with Crippen molar-refractivity contribution >= 4 is 17.6 Å². The zero-order valence-electron chi connectivity index (χ0n) is 9.40. The molecule has 0 saturated carbocycles. The van der Waals surface area contributed by atoms with E-state index in [2.05, 4.69) is 5.32 Å². The third kappa shape index (κ3) is 2.22. The summed E-state index contributed by atoms with van der Waals surface area (Å²) in [5, 5.41) is 11.4. The third-order valence-corrected chi connectivity index (χ3v) is 2.66. The lowest BCUT2D eigenvalue weighted by Crippen LogP contribution is -2.15. The molecule has 1 atom stereocenters. The van der Waals surface area contributed by atoms with Crippen molar-refractivity contribution in [2.24, 2.45) is 0 Å². The largest absolute Gasteiger partial charge is 0.494 e. The van der Waals surface area contributed by atoms with Crippen LogP contribution in [0.4, 0.5) is 5.69 Å². The van der Waals surface area contributed by atoms with Crippen molar-refractivity contribution in [3.05, 3.63) is 23.8 Å². The first-order chi connectivity index (χ1) is 8.11. The van der Waals surface area contributed by atoms with Gasteiger partial charge in [-0.3, -0.25) is 9.59 Å². The van der Waals surface area contributed by atoms with Crippen LogP contribution >= 0.6 is 0 Å². The lowest BCUT2D eigenvalue weighted by molar-refractivity contribution is -0.138. The summed E-state index contributed by atoms with van der Waals surface area (Å²) in [6.07, 6.45) is -0.200. The van der Waals surface area contributed by atoms with E-state index in [1.165, 1.54) is 0 Å². The number of fused-ring (bicyclic) bond motifs is 1. The van der Waals surface area contributed by atoms with Crippen molar-refractivity contribution in [2.75, 3.05) is 11.9 Å². The number of hydrogen-bond donors (Lipinski definition) is 2. The van der Waals surface area contributed by atoms with Crippen LogP contribution < -0.4 is 10.1 Å². The molecule has 1 heterocycles. The monoisotopic (exact) mass is 235 g/mol. The quantitative estimate of drug-likeness (QED) is 0.831. The lowest BCUT2D eigenvalue weighted by atomic mass is 9.97. The number of carbonyl (C=O) groups excluding carboxylic acids is 1. The summed E-state index contributed by atoms with van der Waals surface area (Å²) in [4.78, 5) is 22.3. The van der Waals surface area contributed by atoms with Crippen LogP contribution in [-0.4, -0.2) is 23.6 Å². The van der Waals surface area contributed by atoms with Gasteiger partial charge in [0, 0.05) is 5.69 Å². The molecular formula is C12H13NO4. The second-order valence-electron chi connectivity index (χ2n) is 3.82. The Hall–Kier alpha value is -2.04. The molecule has 1 aliphatic rings. The van der Waals surface area contributed by atoms with Gasteiger partial charge in [-0.2, -0.15) is 0 Å². The van der Waals surface area contributed by atoms with Crippen LogP contribution in [0.3, 0.4) is 0 Å². The molecule has 0 fully saturated rings. The minimum Gasteiger partial charge on any atom is -0.494 e. The van der Waals surface area contributed by atoms with Gasteiger partial charge in [0.25, 0.3) is 0 Å². The van der Waals surface area contributed by atoms with Crippen molar-refractivity contribution in [1.82, 2.24) is 0 Å². The maximum atomic E-state index is 11.6. The zero-order valence-corrected chi connectivity index (χ0v) is 9.40. The Kier molecular flexibility index (Phi) is 2.99. The van der Waals surface area contributed by atoms with Crippen LogP contribution in [0.1, 0.15) is 24.8 Å². The molecule has 0 aliphatic carbocycles. The number of hydrogen-bond acceptors (Lipinski definition) is 3. The van der Waals surface area contributed by atoms with Gasteiger partial charge >= 0.3 is 5.97 Å². The van der Waals surface area contributed by atoms with E-state index in [0.717, 1.165) is 0 Å². The third-order valence-electron chi connectivity index (χ3n) is 2.66. The topological polar surface area (TPSA) is 75.6 Å². The Bertz CT molecular complexity index is 470. The van der Waals surface area contributed by atoms with Gasteiger partial charge < -0.3 is 15.2 Å². The van der Waals surface area contributed by atoms with Crippen molar-refractivity contribution in [1.29, 1.82) is 0 Å². The number of carboxylic acids is 1. The van der Waals surface area contributed by atoms with Gasteiger partial charge in [-0.1, -0.05) is 0 Å². The maximum Gasteiger partial charge on any atom is 0.304 e. The minimum atomic E-state index is -0.986. The fourth-order valence-corrected chi connectivity index (χ4v) is 1.94. The second-order valence-corrected chi connectivity index (χ2v) is 3.82. The molecule has 5 nitrogen and oxygen atoms in total. The molecule has 1 unspecified atom stereocenters. The van der Waals surface area contributed by atoms with E-state index < -0.39 is 11.9 Å². The lowest BCUT2D eigenvalue weighted by Gasteiger charge is -2.08. The molecule has 0 aromatic heterocycles. The van der Waals surface area contributed by atoms with Crippen molar-refractivity contribution in [3.63, 3.8) is 0 Å². The second kappa shape index (κ2) is 4.45. The van der Waals surface area contributed by atoms with Crippen LogP contribution in [0.5, 0.6) is 5.75 Å². The Morgan fingerprint density at radius 3 is 2.94 bits per heavy atom. The summed E-state index contributed by atoms with van der Waals surface area (Å²) in [7, 11) is 0. The molecule has 2 N–H and O–H groups in total. The molecule has 0 spiro atoms. The van der Waals surface area contributed by atoms with E-state index in [4.69, 9.17) is 9.84 Å². The normalized spacial score (nSPS) is 17.5. The number of nitrogens with one attached hydrogen (secondary N) is 1. The maximum absolute atomic E-state index is 11.6. The number of carbonyl (C=O) groups is 2. The highest BCUT2D eigenvalue weighted by Crippen LogP contribution is 2.36. The van der Waals surface area contributed by atoms with Gasteiger partial charge in [-0.05, 0) is 30.7 Å². The first-order valence-corrected chi connectivity index (χ1v) is 5.41. The summed E-state index contributed by atoms with van der Waals surface area (Å²) in [5.74, 6) is -1.23. The Morgan fingerprint density at radius 1 is 1.53 bits per heavy atom. The van der Waals surface area contributed by atoms with Crippen LogP contribution in [0.15, 0.2) is 18.2 Å². The van der Waals surface area contributed by atoms with Crippen molar-refractivity contribution < 1.29 is 19.4 Å². The molecule has 1 aromatic carbocycles. The van der Waals surface area contributed by atoms with Gasteiger partial charge in [0.2, 0.25) is 5.91 Å². The van der Waals surface area contributed by atoms with Crippen LogP contribution in [0.2, 0.25) is 0 Å². The van der Waals surface area contributed by atoms with Crippen LogP contribution in [-0.2, 0) is 9.59 Å². The van der Waals surface area contributed by atoms with Gasteiger partial charge in [0.15, 0.2) is 0 Å². The zero-order chi connectivity index (χ0) is 12.4. The Labute approximate surface area is 98.4 Å². The van der Waals surface area contributed by atoms with E-state index in [1.807, 2.05) is 6.92 Å². The molecule has 0 radical (unpaired) electrons. The standard InChI is InChI=1S/C12H13NO4/c1-2-17-7-3-4-10-8(5-7)9(6-11(14)15)12(16)13-10/h3-5,9H,2,6H2,1H3,(H,13,16)(H,14,15). The first kappa shape index (κ1) is 11.4. The van der Waals surface area contributed by atoms with E-state index in [0.29, 0.717) is 23.6 Å². The predicted molar refractivity (Wildman–Crippen MR) is 61.2 cm³/mol. The highest BCUT2D eigenvalue weighted by molar-refractivity contribution is 6.04. The summed E-state index contributed by atoms with van der Waals surface area (Å²) in [6.45, 7) is 2.40. The van der Waals surface area contributed by atoms with Gasteiger partial charge in [-0.25, -0.2) is 0 Å². The van der Waals surface area contributed by atoms with E-state index in [9.17, 15) is 9.59 Å². The molecule has 1 amide bonds. The number of rotatable bonds is 4. The van der Waals surface area contributed by atoms with Crippen molar-refractivity contribution in [3.8, 4) is 5.75 Å². The molecule has 2 rings (SSSR count). The van der Waals surface area contributed by atoms with Gasteiger partial charge in [0.05, 0.1) is 18.9 Å². The van der Waals surface area contributed by atoms with Crippen molar-refractivity contribution in [2.45, 2.75) is 19.3 Å². The minimum absolute atomic E-state index is 0.200.